The summed E-state index contributed by atoms with van der Waals surface area (Å²) in [5.74, 6) is 2.74. The first-order valence-corrected chi connectivity index (χ1v) is 11.7. The molecule has 2 aliphatic carbocycles. The molecule has 0 amide bonds. The maximum atomic E-state index is 4.89. The van der Waals surface area contributed by atoms with Crippen molar-refractivity contribution >= 4 is 23.1 Å². The quantitative estimate of drug-likeness (QED) is 0.729. The Labute approximate surface area is 173 Å². The third-order valence-electron chi connectivity index (χ3n) is 6.11. The molecule has 152 valence electrons. The molecule has 2 aromatic heterocycles. The summed E-state index contributed by atoms with van der Waals surface area (Å²) in [5, 5.41) is 11.7. The average molecular weight is 400 g/mol. The van der Waals surface area contributed by atoms with Gasteiger partial charge in [0.25, 0.3) is 0 Å². The summed E-state index contributed by atoms with van der Waals surface area (Å²) < 4.78 is 0. The van der Waals surface area contributed by atoms with E-state index < -0.39 is 0 Å². The van der Waals surface area contributed by atoms with Gasteiger partial charge in [0.2, 0.25) is 5.95 Å². The number of thiophene rings is 1. The molecular formula is C22H33N5S. The molecule has 1 saturated carbocycles. The predicted octanol–water partition coefficient (Wildman–Crippen LogP) is 4.24. The van der Waals surface area contributed by atoms with E-state index in [1.54, 1.807) is 11.3 Å². The highest BCUT2D eigenvalue weighted by Gasteiger charge is 2.23. The summed E-state index contributed by atoms with van der Waals surface area (Å²) in [6.45, 7) is 2.13. The highest BCUT2D eigenvalue weighted by atomic mass is 32.1. The molecule has 2 aliphatic rings. The van der Waals surface area contributed by atoms with Gasteiger partial charge in [-0.05, 0) is 86.2 Å². The van der Waals surface area contributed by atoms with E-state index >= 15 is 0 Å². The van der Waals surface area contributed by atoms with E-state index in [1.165, 1.54) is 55.3 Å². The highest BCUT2D eigenvalue weighted by molar-refractivity contribution is 7.07. The minimum Gasteiger partial charge on any atom is -0.362 e. The van der Waals surface area contributed by atoms with Crippen molar-refractivity contribution in [2.24, 2.45) is 5.92 Å². The fourth-order valence-electron chi connectivity index (χ4n) is 4.52. The lowest BCUT2D eigenvalue weighted by molar-refractivity contribution is 0.323. The van der Waals surface area contributed by atoms with Crippen LogP contribution in [0.3, 0.4) is 0 Å². The van der Waals surface area contributed by atoms with E-state index in [9.17, 15) is 0 Å². The van der Waals surface area contributed by atoms with Crippen LogP contribution >= 0.6 is 11.3 Å². The summed E-state index contributed by atoms with van der Waals surface area (Å²) in [6.07, 6.45) is 9.70. The first kappa shape index (κ1) is 19.6. The van der Waals surface area contributed by atoms with Gasteiger partial charge in [0.05, 0.1) is 5.69 Å². The van der Waals surface area contributed by atoms with E-state index in [0.29, 0.717) is 6.04 Å². The molecule has 28 heavy (non-hydrogen) atoms. The number of aryl methyl sites for hydroxylation is 1. The molecule has 0 atom stereocenters. The molecule has 0 aliphatic heterocycles. The van der Waals surface area contributed by atoms with Crippen molar-refractivity contribution in [3.8, 4) is 0 Å². The molecule has 2 aromatic rings. The second-order valence-electron chi connectivity index (χ2n) is 8.52. The van der Waals surface area contributed by atoms with Crippen LogP contribution in [0.5, 0.6) is 0 Å². The Morgan fingerprint density at radius 2 is 1.93 bits per heavy atom. The van der Waals surface area contributed by atoms with Gasteiger partial charge in [-0.25, -0.2) is 4.98 Å². The van der Waals surface area contributed by atoms with Crippen LogP contribution < -0.4 is 15.5 Å². The molecule has 6 heteroatoms. The smallest absolute Gasteiger partial charge is 0.225 e. The van der Waals surface area contributed by atoms with Crippen molar-refractivity contribution in [1.82, 2.24) is 15.3 Å². The third kappa shape index (κ3) is 4.84. The van der Waals surface area contributed by atoms with Crippen molar-refractivity contribution in [1.29, 1.82) is 0 Å². The van der Waals surface area contributed by atoms with Crippen LogP contribution in [0.1, 0.15) is 55.3 Å². The molecule has 1 fully saturated rings. The van der Waals surface area contributed by atoms with Gasteiger partial charge in [0.15, 0.2) is 0 Å². The number of fused-ring (bicyclic) bond motifs is 1. The molecule has 0 unspecified atom stereocenters. The number of hydrogen-bond donors (Lipinski definition) is 2. The van der Waals surface area contributed by atoms with E-state index in [2.05, 4.69) is 46.5 Å². The molecule has 0 radical (unpaired) electrons. The predicted molar refractivity (Wildman–Crippen MR) is 118 cm³/mol. The number of anilines is 2. The Bertz CT molecular complexity index is 751. The minimum atomic E-state index is 0.504. The third-order valence-corrected chi connectivity index (χ3v) is 6.84. The van der Waals surface area contributed by atoms with Gasteiger partial charge in [-0.1, -0.05) is 0 Å². The van der Waals surface area contributed by atoms with E-state index in [-0.39, 0.29) is 0 Å². The van der Waals surface area contributed by atoms with Gasteiger partial charge < -0.3 is 15.5 Å². The number of nitrogens with zero attached hydrogens (tertiary/aromatic N) is 3. The summed E-state index contributed by atoms with van der Waals surface area (Å²) in [6, 6.07) is 2.71. The Hall–Kier alpha value is -1.66. The largest absolute Gasteiger partial charge is 0.362 e. The Balaban J connectivity index is 1.29. The molecule has 0 saturated heterocycles. The van der Waals surface area contributed by atoms with Gasteiger partial charge >= 0.3 is 0 Å². The topological polar surface area (TPSA) is 53.1 Å². The lowest BCUT2D eigenvalue weighted by Crippen LogP contribution is -2.32. The maximum absolute atomic E-state index is 4.89. The fraction of sp³-hybridized carbons (Fsp3) is 0.636. The first-order chi connectivity index (χ1) is 13.7. The fourth-order valence-corrected chi connectivity index (χ4v) is 5.18. The van der Waals surface area contributed by atoms with E-state index in [1.807, 2.05) is 0 Å². The zero-order valence-corrected chi connectivity index (χ0v) is 18.0. The van der Waals surface area contributed by atoms with Gasteiger partial charge in [-0.3, -0.25) is 0 Å². The highest BCUT2D eigenvalue weighted by Crippen LogP contribution is 2.30. The lowest BCUT2D eigenvalue weighted by atomic mass is 9.86. The maximum Gasteiger partial charge on any atom is 0.225 e. The van der Waals surface area contributed by atoms with Crippen LogP contribution in [-0.2, 0) is 19.4 Å². The SMILES string of the molecule is CN(C)c1nc(NC2CCC(CNCc3ccsc3)CC2)nc2c1CCCC2. The molecule has 2 N–H and O–H groups in total. The van der Waals surface area contributed by atoms with Gasteiger partial charge in [0, 0.05) is 32.2 Å². The van der Waals surface area contributed by atoms with Gasteiger partial charge in [-0.15, -0.1) is 0 Å². The summed E-state index contributed by atoms with van der Waals surface area (Å²) >= 11 is 1.77. The van der Waals surface area contributed by atoms with Gasteiger partial charge in [0.1, 0.15) is 5.82 Å². The van der Waals surface area contributed by atoms with E-state index in [4.69, 9.17) is 9.97 Å². The second kappa shape index (κ2) is 9.23. The molecule has 0 spiro atoms. The van der Waals surface area contributed by atoms with Crippen molar-refractivity contribution < 1.29 is 0 Å². The number of rotatable bonds is 7. The monoisotopic (exact) mass is 399 g/mol. The molecule has 0 aromatic carbocycles. The summed E-state index contributed by atoms with van der Waals surface area (Å²) in [7, 11) is 4.19. The van der Waals surface area contributed by atoms with E-state index in [0.717, 1.165) is 43.6 Å². The van der Waals surface area contributed by atoms with Crippen molar-refractivity contribution in [2.45, 2.75) is 64.0 Å². The van der Waals surface area contributed by atoms with Crippen LogP contribution in [0.25, 0.3) is 0 Å². The normalized spacial score (nSPS) is 21.9. The van der Waals surface area contributed by atoms with Gasteiger partial charge in [-0.2, -0.15) is 16.3 Å². The van der Waals surface area contributed by atoms with Crippen molar-refractivity contribution in [3.05, 3.63) is 33.6 Å². The molecule has 4 rings (SSSR count). The molecule has 5 nitrogen and oxygen atoms in total. The van der Waals surface area contributed by atoms with Crippen LogP contribution in [0, 0.1) is 5.92 Å². The molecule has 2 heterocycles. The zero-order chi connectivity index (χ0) is 19.3. The van der Waals surface area contributed by atoms with Crippen LogP contribution in [0.4, 0.5) is 11.8 Å². The van der Waals surface area contributed by atoms with Crippen LogP contribution in [-0.4, -0.2) is 36.6 Å². The second-order valence-corrected chi connectivity index (χ2v) is 9.30. The lowest BCUT2D eigenvalue weighted by Gasteiger charge is -2.30. The minimum absolute atomic E-state index is 0.504. The first-order valence-electron chi connectivity index (χ1n) is 10.7. The van der Waals surface area contributed by atoms with Crippen LogP contribution in [0.15, 0.2) is 16.8 Å². The van der Waals surface area contributed by atoms with Crippen molar-refractivity contribution in [2.75, 3.05) is 30.9 Å². The standard InChI is InChI=1S/C22H33N5S/c1-27(2)21-19-5-3-4-6-20(19)25-22(26-21)24-18-9-7-16(8-10-18)13-23-14-17-11-12-28-15-17/h11-12,15-16,18,23H,3-10,13-14H2,1-2H3,(H,24,25,26). The zero-order valence-electron chi connectivity index (χ0n) is 17.2. The Morgan fingerprint density at radius 1 is 1.11 bits per heavy atom. The Morgan fingerprint density at radius 3 is 2.68 bits per heavy atom. The van der Waals surface area contributed by atoms with Crippen LogP contribution in [0.2, 0.25) is 0 Å². The summed E-state index contributed by atoms with van der Waals surface area (Å²) in [4.78, 5) is 11.9. The Kier molecular flexibility index (Phi) is 6.47. The molecular weight excluding hydrogens is 366 g/mol. The summed E-state index contributed by atoms with van der Waals surface area (Å²) in [5.41, 5.74) is 4.03. The number of hydrogen-bond acceptors (Lipinski definition) is 6. The molecule has 0 bridgehead atoms. The average Bonchev–Trinajstić information content (AvgIpc) is 3.22. The number of nitrogens with one attached hydrogen (secondary N) is 2. The van der Waals surface area contributed by atoms with Crippen molar-refractivity contribution in [3.63, 3.8) is 0 Å². The number of aromatic nitrogens is 2.